The Hall–Kier alpha value is 0.290. The van der Waals surface area contributed by atoms with E-state index in [1.54, 1.807) is 0 Å². The molecule has 0 bridgehead atoms. The zero-order valence-electron chi connectivity index (χ0n) is 8.57. The van der Waals surface area contributed by atoms with Crippen LogP contribution in [0.3, 0.4) is 0 Å². The third-order valence-electron chi connectivity index (χ3n) is 2.78. The molecule has 1 rings (SSSR count). The highest BCUT2D eigenvalue weighted by Gasteiger charge is 2.24. The number of halogens is 1. The Morgan fingerprint density at radius 1 is 1.25 bits per heavy atom. The molecule has 0 N–H and O–H groups in total. The van der Waals surface area contributed by atoms with E-state index in [9.17, 15) is 0 Å². The molecule has 2 unspecified atom stereocenters. The fraction of sp³-hybridized carbons (Fsp3) is 1.00. The van der Waals surface area contributed by atoms with Crippen molar-refractivity contribution < 1.29 is 0 Å². The van der Waals surface area contributed by atoms with Crippen LogP contribution in [-0.2, 0) is 0 Å². The second-order valence-corrected chi connectivity index (χ2v) is 5.99. The molecule has 0 saturated heterocycles. The monoisotopic (exact) mass is 188 g/mol. The number of rotatable bonds is 2. The van der Waals surface area contributed by atoms with Gasteiger partial charge in [-0.25, -0.2) is 0 Å². The first-order valence-electron chi connectivity index (χ1n) is 5.11. The Bertz CT molecular complexity index is 134. The predicted molar refractivity (Wildman–Crippen MR) is 55.7 cm³/mol. The molecule has 1 aliphatic rings. The molecular formula is C11H21Cl. The van der Waals surface area contributed by atoms with Gasteiger partial charge in [-0.2, -0.15) is 0 Å². The van der Waals surface area contributed by atoms with Gasteiger partial charge >= 0.3 is 0 Å². The Kier molecular flexibility index (Phi) is 3.46. The normalized spacial score (nSPS) is 31.0. The molecule has 0 aromatic heterocycles. The molecule has 0 nitrogen and oxygen atoms in total. The van der Waals surface area contributed by atoms with Crippen LogP contribution in [0.15, 0.2) is 0 Å². The third kappa shape index (κ3) is 3.80. The molecule has 0 radical (unpaired) electrons. The van der Waals surface area contributed by atoms with E-state index < -0.39 is 0 Å². The van der Waals surface area contributed by atoms with Crippen LogP contribution in [0.5, 0.6) is 0 Å². The van der Waals surface area contributed by atoms with Crippen LogP contribution in [0, 0.1) is 11.3 Å². The summed E-state index contributed by atoms with van der Waals surface area (Å²) in [5.74, 6) is 0.923. The van der Waals surface area contributed by atoms with E-state index in [0.717, 1.165) is 5.92 Å². The van der Waals surface area contributed by atoms with Gasteiger partial charge in [0.05, 0.1) is 0 Å². The fourth-order valence-corrected chi connectivity index (χ4v) is 2.29. The summed E-state index contributed by atoms with van der Waals surface area (Å²) < 4.78 is 0. The van der Waals surface area contributed by atoms with Gasteiger partial charge in [0.25, 0.3) is 0 Å². The van der Waals surface area contributed by atoms with Crippen molar-refractivity contribution in [2.24, 2.45) is 11.3 Å². The lowest BCUT2D eigenvalue weighted by Crippen LogP contribution is -2.07. The first-order valence-corrected chi connectivity index (χ1v) is 5.55. The lowest BCUT2D eigenvalue weighted by atomic mass is 9.86. The summed E-state index contributed by atoms with van der Waals surface area (Å²) in [7, 11) is 0. The fourth-order valence-electron chi connectivity index (χ4n) is 1.91. The zero-order chi connectivity index (χ0) is 9.19. The van der Waals surface area contributed by atoms with Gasteiger partial charge in [0.15, 0.2) is 0 Å². The standard InChI is InChI=1S/C11H21Cl/c1-11(2,3)7-6-9-4-5-10(12)8-9/h9-10H,4-8H2,1-3H3. The van der Waals surface area contributed by atoms with Crippen LogP contribution in [0.25, 0.3) is 0 Å². The average molecular weight is 189 g/mol. The average Bonchev–Trinajstić information content (AvgIpc) is 2.30. The van der Waals surface area contributed by atoms with Crippen molar-refractivity contribution in [1.82, 2.24) is 0 Å². The largest absolute Gasteiger partial charge is 0.123 e. The van der Waals surface area contributed by atoms with E-state index in [4.69, 9.17) is 11.6 Å². The molecule has 0 aromatic rings. The number of hydrogen-bond acceptors (Lipinski definition) is 0. The molecule has 0 aliphatic heterocycles. The Balaban J connectivity index is 2.16. The van der Waals surface area contributed by atoms with Crippen molar-refractivity contribution in [3.05, 3.63) is 0 Å². The molecule has 0 spiro atoms. The van der Waals surface area contributed by atoms with Gasteiger partial charge in [-0.15, -0.1) is 11.6 Å². The molecule has 0 amide bonds. The summed E-state index contributed by atoms with van der Waals surface area (Å²) in [5, 5.41) is 0.481. The minimum atomic E-state index is 0.481. The van der Waals surface area contributed by atoms with Crippen molar-refractivity contribution in [3.8, 4) is 0 Å². The van der Waals surface area contributed by atoms with Gasteiger partial charge in [0, 0.05) is 5.38 Å². The van der Waals surface area contributed by atoms with Crippen molar-refractivity contribution in [1.29, 1.82) is 0 Å². The molecule has 1 aliphatic carbocycles. The van der Waals surface area contributed by atoms with Crippen LogP contribution in [0.1, 0.15) is 52.9 Å². The molecule has 12 heavy (non-hydrogen) atoms. The van der Waals surface area contributed by atoms with Crippen LogP contribution in [0.2, 0.25) is 0 Å². The zero-order valence-corrected chi connectivity index (χ0v) is 9.32. The van der Waals surface area contributed by atoms with Crippen molar-refractivity contribution in [2.45, 2.75) is 58.3 Å². The third-order valence-corrected chi connectivity index (χ3v) is 3.18. The molecule has 72 valence electrons. The first kappa shape index (κ1) is 10.4. The predicted octanol–water partition coefficient (Wildman–Crippen LogP) is 4.22. The van der Waals surface area contributed by atoms with E-state index in [1.807, 2.05) is 0 Å². The Morgan fingerprint density at radius 2 is 1.92 bits per heavy atom. The molecule has 2 atom stereocenters. The molecular weight excluding hydrogens is 168 g/mol. The van der Waals surface area contributed by atoms with Crippen LogP contribution in [0.4, 0.5) is 0 Å². The van der Waals surface area contributed by atoms with Crippen LogP contribution >= 0.6 is 11.6 Å². The lowest BCUT2D eigenvalue weighted by Gasteiger charge is -2.20. The summed E-state index contributed by atoms with van der Waals surface area (Å²) in [6.45, 7) is 6.96. The first-order chi connectivity index (χ1) is 5.47. The minimum Gasteiger partial charge on any atom is -0.123 e. The van der Waals surface area contributed by atoms with Gasteiger partial charge in [-0.05, 0) is 43.4 Å². The van der Waals surface area contributed by atoms with Gasteiger partial charge < -0.3 is 0 Å². The number of hydrogen-bond donors (Lipinski definition) is 0. The quantitative estimate of drug-likeness (QED) is 0.570. The maximum absolute atomic E-state index is 6.06. The van der Waals surface area contributed by atoms with E-state index in [0.29, 0.717) is 10.8 Å². The summed E-state index contributed by atoms with van der Waals surface area (Å²) in [5.41, 5.74) is 0.504. The minimum absolute atomic E-state index is 0.481. The molecule has 1 fully saturated rings. The van der Waals surface area contributed by atoms with Crippen molar-refractivity contribution in [2.75, 3.05) is 0 Å². The smallest absolute Gasteiger partial charge is 0.0338 e. The highest BCUT2D eigenvalue weighted by molar-refractivity contribution is 6.20. The van der Waals surface area contributed by atoms with Gasteiger partial charge in [0.1, 0.15) is 0 Å². The highest BCUT2D eigenvalue weighted by Crippen LogP contribution is 2.35. The lowest BCUT2D eigenvalue weighted by molar-refractivity contribution is 0.324. The number of alkyl halides is 1. The van der Waals surface area contributed by atoms with Gasteiger partial charge in [-0.3, -0.25) is 0 Å². The van der Waals surface area contributed by atoms with E-state index in [2.05, 4.69) is 20.8 Å². The maximum atomic E-state index is 6.06. The molecule has 1 heteroatoms. The van der Waals surface area contributed by atoms with Crippen LogP contribution in [-0.4, -0.2) is 5.38 Å². The van der Waals surface area contributed by atoms with E-state index >= 15 is 0 Å². The summed E-state index contributed by atoms with van der Waals surface area (Å²) in [6, 6.07) is 0. The summed E-state index contributed by atoms with van der Waals surface area (Å²) in [4.78, 5) is 0. The van der Waals surface area contributed by atoms with Crippen LogP contribution < -0.4 is 0 Å². The van der Waals surface area contributed by atoms with E-state index in [-0.39, 0.29) is 0 Å². The second-order valence-electron chi connectivity index (χ2n) is 5.38. The topological polar surface area (TPSA) is 0 Å². The van der Waals surface area contributed by atoms with Gasteiger partial charge in [-0.1, -0.05) is 20.8 Å². The van der Waals surface area contributed by atoms with Gasteiger partial charge in [0.2, 0.25) is 0 Å². The second kappa shape index (κ2) is 4.00. The highest BCUT2D eigenvalue weighted by atomic mass is 35.5. The van der Waals surface area contributed by atoms with Crippen molar-refractivity contribution in [3.63, 3.8) is 0 Å². The molecule has 0 aromatic carbocycles. The summed E-state index contributed by atoms with van der Waals surface area (Å²) >= 11 is 6.06. The summed E-state index contributed by atoms with van der Waals surface area (Å²) in [6.07, 6.45) is 6.60. The SMILES string of the molecule is CC(C)(C)CCC1CCC(Cl)C1. The van der Waals surface area contributed by atoms with E-state index in [1.165, 1.54) is 32.1 Å². The Labute approximate surface area is 81.7 Å². The molecule has 1 saturated carbocycles. The maximum Gasteiger partial charge on any atom is 0.0338 e. The Morgan fingerprint density at radius 3 is 2.33 bits per heavy atom. The molecule has 0 heterocycles. The van der Waals surface area contributed by atoms with Crippen molar-refractivity contribution >= 4 is 11.6 Å².